The Morgan fingerprint density at radius 3 is 2.37 bits per heavy atom. The largest absolute Gasteiger partial charge is 0.367 e. The predicted octanol–water partition coefficient (Wildman–Crippen LogP) is 1.41. The van der Waals surface area contributed by atoms with Crippen LogP contribution in [-0.2, 0) is 14.3 Å². The van der Waals surface area contributed by atoms with Gasteiger partial charge in [-0.25, -0.2) is 4.39 Å². The topological polar surface area (TPSA) is 73.6 Å². The quantitative estimate of drug-likeness (QED) is 0.766. The van der Waals surface area contributed by atoms with Gasteiger partial charge in [0.1, 0.15) is 5.82 Å². The molecule has 3 N–H and O–H groups in total. The first-order valence-electron chi connectivity index (χ1n) is 5.74. The molecule has 0 saturated carbocycles. The highest BCUT2D eigenvalue weighted by Gasteiger charge is 2.41. The minimum absolute atomic E-state index is 0.402. The van der Waals surface area contributed by atoms with E-state index in [1.165, 1.54) is 33.3 Å². The molecule has 0 radical (unpaired) electrons. The Morgan fingerprint density at radius 2 is 1.95 bits per heavy atom. The second kappa shape index (κ2) is 5.99. The molecule has 1 unspecified atom stereocenters. The molecule has 0 bridgehead atoms. The summed E-state index contributed by atoms with van der Waals surface area (Å²) >= 11 is 0. The van der Waals surface area contributed by atoms with Crippen LogP contribution in [0.3, 0.4) is 0 Å². The Hall–Kier alpha value is -1.66. The van der Waals surface area contributed by atoms with E-state index in [1.807, 2.05) is 0 Å². The Kier molecular flexibility index (Phi) is 4.85. The molecule has 0 spiro atoms. The van der Waals surface area contributed by atoms with Gasteiger partial charge in [0.2, 0.25) is 5.91 Å². The highest BCUT2D eigenvalue weighted by Crippen LogP contribution is 2.23. The van der Waals surface area contributed by atoms with Crippen LogP contribution in [0.5, 0.6) is 0 Å². The molecule has 6 heteroatoms. The molecule has 5 nitrogen and oxygen atoms in total. The number of anilines is 1. The molecule has 0 aliphatic heterocycles. The zero-order valence-electron chi connectivity index (χ0n) is 11.5. The first-order valence-corrected chi connectivity index (χ1v) is 5.74. The molecule has 0 aliphatic carbocycles. The summed E-state index contributed by atoms with van der Waals surface area (Å²) in [5, 5.41) is 2.87. The third-order valence-electron chi connectivity index (χ3n) is 2.86. The number of nitrogens with two attached hydrogens (primary N) is 1. The first kappa shape index (κ1) is 15.4. The van der Waals surface area contributed by atoms with Gasteiger partial charge in [-0.15, -0.1) is 0 Å². The number of nitrogens with one attached hydrogen (secondary N) is 1. The number of benzene rings is 1. The standard InChI is InChI=1S/C13H19FN2O3/c1-8-5-9(14)7-10(6-8)16-13(2,11(15)17)12(18-3)19-4/h5-7,12,16H,1-4H3,(H2,15,17). The zero-order chi connectivity index (χ0) is 14.6. The molecular weight excluding hydrogens is 251 g/mol. The number of primary amides is 1. The molecule has 1 aromatic carbocycles. The number of rotatable bonds is 6. The van der Waals surface area contributed by atoms with E-state index in [9.17, 15) is 9.18 Å². The molecule has 19 heavy (non-hydrogen) atoms. The lowest BCUT2D eigenvalue weighted by Gasteiger charge is -2.34. The van der Waals surface area contributed by atoms with Crippen molar-refractivity contribution < 1.29 is 18.7 Å². The van der Waals surface area contributed by atoms with Crippen LogP contribution in [0, 0.1) is 12.7 Å². The Balaban J connectivity index is 3.11. The maximum atomic E-state index is 13.4. The summed E-state index contributed by atoms with van der Waals surface area (Å²) in [6.07, 6.45) is -0.895. The summed E-state index contributed by atoms with van der Waals surface area (Å²) in [6.45, 7) is 3.28. The van der Waals surface area contributed by atoms with Crippen LogP contribution in [-0.4, -0.2) is 32.0 Å². The third-order valence-corrected chi connectivity index (χ3v) is 2.86. The van der Waals surface area contributed by atoms with Crippen LogP contribution < -0.4 is 11.1 Å². The van der Waals surface area contributed by atoms with Gasteiger partial charge in [0.25, 0.3) is 0 Å². The van der Waals surface area contributed by atoms with E-state index in [2.05, 4.69) is 5.32 Å². The number of aryl methyl sites for hydroxylation is 1. The SMILES string of the molecule is COC(OC)C(C)(Nc1cc(C)cc(F)c1)C(N)=O. The average molecular weight is 270 g/mol. The molecular formula is C13H19FN2O3. The Morgan fingerprint density at radius 1 is 1.37 bits per heavy atom. The van der Waals surface area contributed by atoms with E-state index < -0.39 is 23.6 Å². The molecule has 106 valence electrons. The van der Waals surface area contributed by atoms with Crippen molar-refractivity contribution in [1.29, 1.82) is 0 Å². The van der Waals surface area contributed by atoms with E-state index in [0.717, 1.165) is 5.56 Å². The van der Waals surface area contributed by atoms with Crippen molar-refractivity contribution in [2.24, 2.45) is 5.73 Å². The number of amides is 1. The van der Waals surface area contributed by atoms with Crippen LogP contribution in [0.15, 0.2) is 18.2 Å². The minimum Gasteiger partial charge on any atom is -0.367 e. The average Bonchev–Trinajstić information content (AvgIpc) is 2.28. The van der Waals surface area contributed by atoms with E-state index in [4.69, 9.17) is 15.2 Å². The van der Waals surface area contributed by atoms with E-state index in [1.54, 1.807) is 13.0 Å². The van der Waals surface area contributed by atoms with Crippen molar-refractivity contribution in [3.63, 3.8) is 0 Å². The lowest BCUT2D eigenvalue weighted by Crippen LogP contribution is -2.57. The van der Waals surface area contributed by atoms with Gasteiger partial charge in [-0.3, -0.25) is 4.79 Å². The molecule has 1 amide bonds. The highest BCUT2D eigenvalue weighted by atomic mass is 19.1. The normalized spacial score (nSPS) is 14.2. The molecule has 0 fully saturated rings. The summed E-state index contributed by atoms with van der Waals surface area (Å²) in [7, 11) is 2.79. The molecule has 0 saturated heterocycles. The van der Waals surface area contributed by atoms with Crippen LogP contribution >= 0.6 is 0 Å². The summed E-state index contributed by atoms with van der Waals surface area (Å²) in [5.41, 5.74) is 5.23. The maximum absolute atomic E-state index is 13.4. The monoisotopic (exact) mass is 270 g/mol. The highest BCUT2D eigenvalue weighted by molar-refractivity contribution is 5.88. The second-order valence-corrected chi connectivity index (χ2v) is 4.51. The summed E-state index contributed by atoms with van der Waals surface area (Å²) in [6, 6.07) is 4.36. The molecule has 1 aromatic rings. The van der Waals surface area contributed by atoms with Crippen molar-refractivity contribution >= 4 is 11.6 Å². The van der Waals surface area contributed by atoms with Crippen LogP contribution in [0.25, 0.3) is 0 Å². The lowest BCUT2D eigenvalue weighted by atomic mass is 9.99. The Labute approximate surface area is 111 Å². The third kappa shape index (κ3) is 3.42. The fourth-order valence-corrected chi connectivity index (χ4v) is 1.91. The van der Waals surface area contributed by atoms with E-state index in [0.29, 0.717) is 5.69 Å². The van der Waals surface area contributed by atoms with Crippen molar-refractivity contribution in [3.05, 3.63) is 29.6 Å². The maximum Gasteiger partial charge on any atom is 0.248 e. The summed E-state index contributed by atoms with van der Waals surface area (Å²) in [4.78, 5) is 11.7. The van der Waals surface area contributed by atoms with Gasteiger partial charge in [-0.1, -0.05) is 0 Å². The van der Waals surface area contributed by atoms with E-state index >= 15 is 0 Å². The van der Waals surface area contributed by atoms with Gasteiger partial charge in [0, 0.05) is 19.9 Å². The van der Waals surface area contributed by atoms with Gasteiger partial charge in [-0.2, -0.15) is 0 Å². The zero-order valence-corrected chi connectivity index (χ0v) is 11.5. The number of ether oxygens (including phenoxy) is 2. The molecule has 0 aromatic heterocycles. The molecule has 1 atom stereocenters. The molecule has 0 heterocycles. The lowest BCUT2D eigenvalue weighted by molar-refractivity contribution is -0.155. The number of hydrogen-bond acceptors (Lipinski definition) is 4. The fraction of sp³-hybridized carbons (Fsp3) is 0.462. The van der Waals surface area contributed by atoms with Gasteiger partial charge >= 0.3 is 0 Å². The van der Waals surface area contributed by atoms with Crippen LogP contribution in [0.1, 0.15) is 12.5 Å². The second-order valence-electron chi connectivity index (χ2n) is 4.51. The van der Waals surface area contributed by atoms with E-state index in [-0.39, 0.29) is 0 Å². The van der Waals surface area contributed by atoms with Gasteiger partial charge in [-0.05, 0) is 37.6 Å². The van der Waals surface area contributed by atoms with Crippen LogP contribution in [0.2, 0.25) is 0 Å². The van der Waals surface area contributed by atoms with Crippen molar-refractivity contribution in [2.45, 2.75) is 25.7 Å². The Bertz CT molecular complexity index is 443. The number of carbonyl (C=O) groups excluding carboxylic acids is 1. The summed E-state index contributed by atoms with van der Waals surface area (Å²) in [5.74, 6) is -1.07. The fourth-order valence-electron chi connectivity index (χ4n) is 1.91. The van der Waals surface area contributed by atoms with Gasteiger partial charge < -0.3 is 20.5 Å². The van der Waals surface area contributed by atoms with Gasteiger partial charge in [0.15, 0.2) is 11.8 Å². The number of halogens is 1. The predicted molar refractivity (Wildman–Crippen MR) is 70.2 cm³/mol. The van der Waals surface area contributed by atoms with Crippen molar-refractivity contribution in [1.82, 2.24) is 0 Å². The minimum atomic E-state index is -1.32. The van der Waals surface area contributed by atoms with Crippen molar-refractivity contribution in [2.75, 3.05) is 19.5 Å². The van der Waals surface area contributed by atoms with Crippen molar-refractivity contribution in [3.8, 4) is 0 Å². The first-order chi connectivity index (χ1) is 8.83. The number of methoxy groups -OCH3 is 2. The smallest absolute Gasteiger partial charge is 0.248 e. The number of hydrogen-bond donors (Lipinski definition) is 2. The van der Waals surface area contributed by atoms with Gasteiger partial charge in [0.05, 0.1) is 0 Å². The summed E-state index contributed by atoms with van der Waals surface area (Å²) < 4.78 is 23.5. The molecule has 1 rings (SSSR count). The molecule has 0 aliphatic rings. The number of carbonyl (C=O) groups is 1. The van der Waals surface area contributed by atoms with Crippen LogP contribution in [0.4, 0.5) is 10.1 Å².